The van der Waals surface area contributed by atoms with Crippen molar-refractivity contribution < 1.29 is 48.2 Å². The average molecular weight is 916 g/mol. The largest absolute Gasteiger partial charge is 0.341 e. The van der Waals surface area contributed by atoms with Gasteiger partial charge in [-0.2, -0.15) is 5.10 Å². The summed E-state index contributed by atoms with van der Waals surface area (Å²) in [5.41, 5.74) is 2.82. The fourth-order valence-electron chi connectivity index (χ4n) is 8.29. The van der Waals surface area contributed by atoms with E-state index in [1.165, 1.54) is 41.3 Å². The molecule has 0 bridgehead atoms. The van der Waals surface area contributed by atoms with Crippen LogP contribution in [0.1, 0.15) is 93.3 Å². The van der Waals surface area contributed by atoms with Crippen LogP contribution in [-0.4, -0.2) is 128 Å². The van der Waals surface area contributed by atoms with Crippen molar-refractivity contribution in [1.82, 2.24) is 30.3 Å². The monoisotopic (exact) mass is 915 g/mol. The summed E-state index contributed by atoms with van der Waals surface area (Å²) in [7, 11) is 0. The number of nitro benzene ring substituents is 2. The summed E-state index contributed by atoms with van der Waals surface area (Å²) in [5, 5.41) is 32.0. The molecule has 21 nitrogen and oxygen atoms in total. The summed E-state index contributed by atoms with van der Waals surface area (Å²) in [6.45, 7) is 2.12. The van der Waals surface area contributed by atoms with Crippen molar-refractivity contribution in [3.05, 3.63) is 115 Å². The van der Waals surface area contributed by atoms with E-state index in [0.29, 0.717) is 59.5 Å². The number of imide groups is 3. The number of nitro groups is 2. The molecule has 7 rings (SSSR count). The van der Waals surface area contributed by atoms with Gasteiger partial charge in [0.2, 0.25) is 11.8 Å². The molecule has 4 aromatic carbocycles. The number of hydrogen-bond acceptors (Lipinski definition) is 14. The molecule has 3 aliphatic heterocycles. The Balaban J connectivity index is 0.948. The Morgan fingerprint density at radius 1 is 0.612 bits per heavy atom. The van der Waals surface area contributed by atoms with Crippen LogP contribution in [0.2, 0.25) is 0 Å². The predicted molar refractivity (Wildman–Crippen MR) is 241 cm³/mol. The fourth-order valence-corrected chi connectivity index (χ4v) is 8.29. The minimum Gasteiger partial charge on any atom is -0.341 e. The Morgan fingerprint density at radius 2 is 1.16 bits per heavy atom. The number of hydrogen-bond donors (Lipinski definition) is 2. The van der Waals surface area contributed by atoms with Crippen LogP contribution in [0.5, 0.6) is 0 Å². The zero-order chi connectivity index (χ0) is 47.9. The summed E-state index contributed by atoms with van der Waals surface area (Å²) in [4.78, 5) is 131. The van der Waals surface area contributed by atoms with Gasteiger partial charge in [-0.1, -0.05) is 30.7 Å². The third-order valence-corrected chi connectivity index (χ3v) is 11.7. The topological polar surface area (TPSA) is 272 Å². The first-order valence-corrected chi connectivity index (χ1v) is 21.6. The predicted octanol–water partition coefficient (Wildman–Crippen LogP) is 4.27. The second kappa shape index (κ2) is 20.4. The highest BCUT2D eigenvalue weighted by molar-refractivity contribution is 6.27. The molecule has 0 saturated carbocycles. The van der Waals surface area contributed by atoms with Crippen molar-refractivity contribution in [2.24, 2.45) is 5.10 Å². The molecule has 2 N–H and O–H groups in total. The summed E-state index contributed by atoms with van der Waals surface area (Å²) >= 11 is 0. The Labute approximate surface area is 381 Å². The third-order valence-electron chi connectivity index (χ3n) is 11.7. The zero-order valence-electron chi connectivity index (χ0n) is 36.4. The van der Waals surface area contributed by atoms with E-state index >= 15 is 0 Å². The van der Waals surface area contributed by atoms with Gasteiger partial charge in [0, 0.05) is 116 Å². The van der Waals surface area contributed by atoms with Crippen LogP contribution in [-0.2, 0) is 19.2 Å². The molecule has 3 aliphatic rings. The minimum atomic E-state index is -0.741. The van der Waals surface area contributed by atoms with Gasteiger partial charge < -0.3 is 10.2 Å². The Bertz CT molecular complexity index is 2820. The third kappa shape index (κ3) is 10.3. The first-order valence-electron chi connectivity index (χ1n) is 21.6. The van der Waals surface area contributed by atoms with Crippen LogP contribution in [0.3, 0.4) is 0 Å². The zero-order valence-corrected chi connectivity index (χ0v) is 36.4. The fraction of sp³-hybridized carbons (Fsp3) is 0.326. The van der Waals surface area contributed by atoms with E-state index < -0.39 is 33.5 Å². The van der Waals surface area contributed by atoms with Crippen molar-refractivity contribution in [3.63, 3.8) is 0 Å². The van der Waals surface area contributed by atoms with Gasteiger partial charge in [0.1, 0.15) is 0 Å². The highest BCUT2D eigenvalue weighted by Gasteiger charge is 2.36. The number of hydrazone groups is 1. The van der Waals surface area contributed by atoms with E-state index in [1.807, 2.05) is 0 Å². The van der Waals surface area contributed by atoms with E-state index in [1.54, 1.807) is 37.3 Å². The number of nitrogens with one attached hydrogen (secondary N) is 2. The molecule has 8 amide bonds. The Hall–Kier alpha value is -8.07. The molecule has 0 aliphatic carbocycles. The van der Waals surface area contributed by atoms with E-state index in [9.17, 15) is 58.6 Å². The van der Waals surface area contributed by atoms with Crippen LogP contribution in [0, 0.1) is 20.2 Å². The lowest BCUT2D eigenvalue weighted by atomic mass is 9.93. The number of amides is 8. The molecule has 0 spiro atoms. The van der Waals surface area contributed by atoms with Crippen molar-refractivity contribution >= 4 is 85.9 Å². The molecule has 346 valence electrons. The number of unbranched alkanes of at least 4 members (excludes halogenated alkanes) is 2. The van der Waals surface area contributed by atoms with Crippen molar-refractivity contribution in [2.45, 2.75) is 51.9 Å². The van der Waals surface area contributed by atoms with Crippen molar-refractivity contribution in [2.75, 3.05) is 45.8 Å². The van der Waals surface area contributed by atoms with Gasteiger partial charge in [-0.15, -0.1) is 0 Å². The van der Waals surface area contributed by atoms with Crippen LogP contribution < -0.4 is 10.7 Å². The van der Waals surface area contributed by atoms with Crippen LogP contribution in [0.15, 0.2) is 77.9 Å². The van der Waals surface area contributed by atoms with Gasteiger partial charge in [-0.05, 0) is 62.1 Å². The van der Waals surface area contributed by atoms with Gasteiger partial charge in [0.25, 0.3) is 46.8 Å². The summed E-state index contributed by atoms with van der Waals surface area (Å²) in [6, 6.07) is 14.3. The lowest BCUT2D eigenvalue weighted by Crippen LogP contribution is -2.46. The second-order valence-electron chi connectivity index (χ2n) is 16.2. The smallest absolute Gasteiger partial charge is 0.270 e. The summed E-state index contributed by atoms with van der Waals surface area (Å²) < 4.78 is 0. The van der Waals surface area contributed by atoms with Crippen LogP contribution in [0.4, 0.5) is 11.4 Å². The normalized spacial score (nSPS) is 14.5. The van der Waals surface area contributed by atoms with Gasteiger partial charge >= 0.3 is 0 Å². The van der Waals surface area contributed by atoms with Crippen molar-refractivity contribution in [1.29, 1.82) is 0 Å². The maximum Gasteiger partial charge on any atom is 0.270 e. The Morgan fingerprint density at radius 3 is 1.73 bits per heavy atom. The van der Waals surface area contributed by atoms with Gasteiger partial charge in [-0.3, -0.25) is 73.3 Å². The molecule has 0 aromatic heterocycles. The number of benzene rings is 4. The highest BCUT2D eigenvalue weighted by Crippen LogP contribution is 2.35. The first-order chi connectivity index (χ1) is 32.1. The molecule has 21 heteroatoms. The average Bonchev–Trinajstić information content (AvgIpc) is 3.63. The van der Waals surface area contributed by atoms with Gasteiger partial charge in [-0.25, -0.2) is 5.43 Å². The number of nitrogens with zero attached hydrogens (tertiary/aromatic N) is 7. The number of rotatable bonds is 22. The molecule has 0 atom stereocenters. The molecule has 0 unspecified atom stereocenters. The minimum absolute atomic E-state index is 0.00738. The number of non-ortho nitro benzene ring substituents is 2. The molecular weight excluding hydrogens is 871 g/mol. The van der Waals surface area contributed by atoms with Gasteiger partial charge in [0.15, 0.2) is 0 Å². The summed E-state index contributed by atoms with van der Waals surface area (Å²) in [6.07, 6.45) is 4.67. The SMILES string of the molecule is C/C(CCC(=O)N(CCCNCCN1C(=O)c2cccc3cc([N+](=O)[O-])cc(c23)C1=O)CCN1C(=O)c2cccc3cc([N+](=O)[O-])cc(c23)C1=O)=N\NC(=O)CCCCCN1C(=O)C=CC1=O. The van der Waals surface area contributed by atoms with E-state index in [-0.39, 0.29) is 116 Å². The van der Waals surface area contributed by atoms with Crippen LogP contribution >= 0.6 is 0 Å². The lowest BCUT2D eigenvalue weighted by molar-refractivity contribution is -0.384. The molecule has 0 fully saturated rings. The van der Waals surface area contributed by atoms with E-state index in [0.717, 1.165) is 20.8 Å². The quantitative estimate of drug-likeness (QED) is 0.0367. The molecule has 3 heterocycles. The number of carbonyl (C=O) groups is 8. The molecule has 4 aromatic rings. The standard InChI is InChI=1S/C46H45N9O12/c1-28(48-49-37(56)12-3-2-4-20-51-39(58)15-16-40(51)59)13-14-38(57)50(22-23-53-44(61)34-11-6-9-30-25-32(55(66)67)27-36(42(30)34)46(53)63)19-7-17-47-18-21-52-43(60)33-10-5-8-29-24-31(54(64)65)26-35(41(29)33)45(52)62/h5-6,8-11,15-16,24-27,47H,2-4,7,12-14,17-23H2,1H3,(H,49,56)/b48-28+. The molecule has 67 heavy (non-hydrogen) atoms. The molecule has 0 radical (unpaired) electrons. The molecule has 0 saturated heterocycles. The summed E-state index contributed by atoms with van der Waals surface area (Å²) in [5.74, 6) is -3.98. The first kappa shape index (κ1) is 46.9. The second-order valence-corrected chi connectivity index (χ2v) is 16.2. The van der Waals surface area contributed by atoms with E-state index in [2.05, 4.69) is 15.8 Å². The lowest BCUT2D eigenvalue weighted by Gasteiger charge is -2.30. The van der Waals surface area contributed by atoms with Crippen molar-refractivity contribution in [3.8, 4) is 0 Å². The van der Waals surface area contributed by atoms with Gasteiger partial charge in [0.05, 0.1) is 21.0 Å². The van der Waals surface area contributed by atoms with Crippen LogP contribution in [0.25, 0.3) is 21.5 Å². The maximum absolute atomic E-state index is 13.8. The molecular formula is C46H45N9O12. The maximum atomic E-state index is 13.8. The van der Waals surface area contributed by atoms with E-state index in [4.69, 9.17) is 0 Å². The number of carbonyl (C=O) groups excluding carboxylic acids is 8. The highest BCUT2D eigenvalue weighted by atomic mass is 16.6. The Kier molecular flexibility index (Phi) is 14.3.